The third-order valence-corrected chi connectivity index (χ3v) is 4.32. The van der Waals surface area contributed by atoms with Crippen molar-refractivity contribution in [3.05, 3.63) is 60.2 Å². The van der Waals surface area contributed by atoms with E-state index in [1.54, 1.807) is 38.1 Å². The average molecular weight is 370 g/mol. The van der Waals surface area contributed by atoms with Crippen LogP contribution in [-0.4, -0.2) is 50.1 Å². The topological polar surface area (TPSA) is 67.9 Å². The van der Waals surface area contributed by atoms with Gasteiger partial charge in [0.05, 0.1) is 7.11 Å². The predicted octanol–water partition coefficient (Wildman–Crippen LogP) is 2.28. The lowest BCUT2D eigenvalue weighted by atomic mass is 10.1. The smallest absolute Gasteiger partial charge is 0.261 e. The van der Waals surface area contributed by atoms with Gasteiger partial charge < -0.3 is 19.7 Å². The van der Waals surface area contributed by atoms with Crippen LogP contribution in [0.4, 0.5) is 0 Å². The SMILES string of the molecule is CNC(=O)C(C)N(CCc1ccccc1)C(=O)COc1ccccc1OC. The van der Waals surface area contributed by atoms with E-state index in [2.05, 4.69) is 5.32 Å². The van der Waals surface area contributed by atoms with E-state index in [4.69, 9.17) is 9.47 Å². The average Bonchev–Trinajstić information content (AvgIpc) is 2.72. The van der Waals surface area contributed by atoms with Crippen LogP contribution < -0.4 is 14.8 Å². The van der Waals surface area contributed by atoms with E-state index in [0.717, 1.165) is 5.56 Å². The van der Waals surface area contributed by atoms with Crippen LogP contribution in [0.15, 0.2) is 54.6 Å². The van der Waals surface area contributed by atoms with Crippen LogP contribution in [0.5, 0.6) is 11.5 Å². The Hall–Kier alpha value is -3.02. The standard InChI is InChI=1S/C21H26N2O4/c1-16(21(25)22-2)23(14-13-17-9-5-4-6-10-17)20(24)15-27-19-12-8-7-11-18(19)26-3/h4-12,16H,13-15H2,1-3H3,(H,22,25). The van der Waals surface area contributed by atoms with E-state index >= 15 is 0 Å². The second kappa shape index (κ2) is 10.2. The molecule has 144 valence electrons. The molecule has 2 aromatic rings. The van der Waals surface area contributed by atoms with Crippen molar-refractivity contribution in [2.24, 2.45) is 0 Å². The summed E-state index contributed by atoms with van der Waals surface area (Å²) < 4.78 is 10.9. The fourth-order valence-corrected chi connectivity index (χ4v) is 2.74. The Balaban J connectivity index is 2.06. The molecule has 6 heteroatoms. The third-order valence-electron chi connectivity index (χ3n) is 4.32. The van der Waals surface area contributed by atoms with Gasteiger partial charge in [-0.05, 0) is 31.0 Å². The molecule has 2 aromatic carbocycles. The molecule has 0 heterocycles. The fraction of sp³-hybridized carbons (Fsp3) is 0.333. The number of hydrogen-bond donors (Lipinski definition) is 1. The van der Waals surface area contributed by atoms with Crippen molar-refractivity contribution in [3.8, 4) is 11.5 Å². The summed E-state index contributed by atoms with van der Waals surface area (Å²) in [5.41, 5.74) is 1.10. The Morgan fingerprint density at radius 2 is 1.67 bits per heavy atom. The number of carbonyl (C=O) groups excluding carboxylic acids is 2. The number of amides is 2. The largest absolute Gasteiger partial charge is 0.493 e. The zero-order valence-electron chi connectivity index (χ0n) is 16.0. The Labute approximate surface area is 160 Å². The Morgan fingerprint density at radius 1 is 1.04 bits per heavy atom. The number of nitrogens with zero attached hydrogens (tertiary/aromatic N) is 1. The van der Waals surface area contributed by atoms with E-state index in [1.807, 2.05) is 42.5 Å². The second-order valence-electron chi connectivity index (χ2n) is 6.05. The molecule has 6 nitrogen and oxygen atoms in total. The Bertz CT molecular complexity index is 749. The van der Waals surface area contributed by atoms with Crippen LogP contribution in [0, 0.1) is 0 Å². The summed E-state index contributed by atoms with van der Waals surface area (Å²) in [6.07, 6.45) is 0.655. The molecule has 1 unspecified atom stereocenters. The van der Waals surface area contributed by atoms with Gasteiger partial charge in [0, 0.05) is 13.6 Å². The van der Waals surface area contributed by atoms with E-state index < -0.39 is 6.04 Å². The number of ether oxygens (including phenoxy) is 2. The minimum atomic E-state index is -0.590. The third kappa shape index (κ3) is 5.74. The number of nitrogens with one attached hydrogen (secondary N) is 1. The summed E-state index contributed by atoms with van der Waals surface area (Å²) in [4.78, 5) is 26.4. The van der Waals surface area contributed by atoms with Crippen LogP contribution in [0.1, 0.15) is 12.5 Å². The minimum absolute atomic E-state index is 0.170. The first kappa shape index (κ1) is 20.3. The molecule has 0 aliphatic rings. The second-order valence-corrected chi connectivity index (χ2v) is 6.05. The van der Waals surface area contributed by atoms with Crippen LogP contribution in [0.25, 0.3) is 0 Å². The highest BCUT2D eigenvalue weighted by Crippen LogP contribution is 2.25. The van der Waals surface area contributed by atoms with Gasteiger partial charge in [0.15, 0.2) is 18.1 Å². The molecule has 2 amide bonds. The maximum absolute atomic E-state index is 12.8. The fourth-order valence-electron chi connectivity index (χ4n) is 2.74. The first-order chi connectivity index (χ1) is 13.1. The van der Waals surface area contributed by atoms with Gasteiger partial charge in [-0.1, -0.05) is 42.5 Å². The zero-order valence-corrected chi connectivity index (χ0v) is 16.0. The molecule has 0 aliphatic heterocycles. The lowest BCUT2D eigenvalue weighted by Crippen LogP contribution is -2.49. The highest BCUT2D eigenvalue weighted by molar-refractivity contribution is 5.87. The molecule has 27 heavy (non-hydrogen) atoms. The first-order valence-corrected chi connectivity index (χ1v) is 8.87. The lowest BCUT2D eigenvalue weighted by molar-refractivity contribution is -0.141. The molecule has 0 bridgehead atoms. The van der Waals surface area contributed by atoms with Gasteiger partial charge in [0.1, 0.15) is 6.04 Å². The Kier molecular flexibility index (Phi) is 7.67. The number of carbonyl (C=O) groups is 2. The summed E-state index contributed by atoms with van der Waals surface area (Å²) in [6.45, 7) is 1.97. The van der Waals surface area contributed by atoms with Gasteiger partial charge in [0.25, 0.3) is 5.91 Å². The van der Waals surface area contributed by atoms with Gasteiger partial charge in [-0.3, -0.25) is 9.59 Å². The van der Waals surface area contributed by atoms with Crippen molar-refractivity contribution in [3.63, 3.8) is 0 Å². The zero-order chi connectivity index (χ0) is 19.6. The van der Waals surface area contributed by atoms with Crippen LogP contribution in [0.3, 0.4) is 0 Å². The van der Waals surface area contributed by atoms with Crippen molar-refractivity contribution < 1.29 is 19.1 Å². The van der Waals surface area contributed by atoms with Gasteiger partial charge in [-0.15, -0.1) is 0 Å². The molecule has 2 rings (SSSR count). The van der Waals surface area contributed by atoms with Gasteiger partial charge >= 0.3 is 0 Å². The maximum atomic E-state index is 12.8. The molecule has 0 radical (unpaired) electrons. The number of para-hydroxylation sites is 2. The maximum Gasteiger partial charge on any atom is 0.261 e. The van der Waals surface area contributed by atoms with E-state index in [-0.39, 0.29) is 18.4 Å². The van der Waals surface area contributed by atoms with E-state index in [1.165, 1.54) is 0 Å². The summed E-state index contributed by atoms with van der Waals surface area (Å²) in [5.74, 6) is 0.575. The molecule has 1 N–H and O–H groups in total. The highest BCUT2D eigenvalue weighted by Gasteiger charge is 2.25. The van der Waals surface area contributed by atoms with Gasteiger partial charge in [-0.2, -0.15) is 0 Å². The van der Waals surface area contributed by atoms with Crippen LogP contribution in [0.2, 0.25) is 0 Å². The van der Waals surface area contributed by atoms with Crippen LogP contribution in [-0.2, 0) is 16.0 Å². The van der Waals surface area contributed by atoms with Crippen molar-refractivity contribution in [2.75, 3.05) is 27.3 Å². The quantitative estimate of drug-likeness (QED) is 0.735. The molecular weight excluding hydrogens is 344 g/mol. The van der Waals surface area contributed by atoms with Gasteiger partial charge in [0.2, 0.25) is 5.91 Å². The number of rotatable bonds is 9. The minimum Gasteiger partial charge on any atom is -0.493 e. The van der Waals surface area contributed by atoms with Crippen LogP contribution >= 0.6 is 0 Å². The normalized spacial score (nSPS) is 11.4. The number of benzene rings is 2. The monoisotopic (exact) mass is 370 g/mol. The molecule has 0 fully saturated rings. The van der Waals surface area contributed by atoms with Crippen molar-refractivity contribution >= 4 is 11.8 Å². The molecule has 1 atom stereocenters. The van der Waals surface area contributed by atoms with E-state index in [0.29, 0.717) is 24.5 Å². The molecule has 0 aromatic heterocycles. The summed E-state index contributed by atoms with van der Waals surface area (Å²) in [5, 5.41) is 2.60. The van der Waals surface area contributed by atoms with E-state index in [9.17, 15) is 9.59 Å². The van der Waals surface area contributed by atoms with Gasteiger partial charge in [-0.25, -0.2) is 0 Å². The molecule has 0 spiro atoms. The lowest BCUT2D eigenvalue weighted by Gasteiger charge is -2.28. The summed E-state index contributed by atoms with van der Waals surface area (Å²) in [6, 6.07) is 16.4. The molecule has 0 aliphatic carbocycles. The number of hydrogen-bond acceptors (Lipinski definition) is 4. The summed E-state index contributed by atoms with van der Waals surface area (Å²) >= 11 is 0. The molecular formula is C21H26N2O4. The van der Waals surface area contributed by atoms with Crippen molar-refractivity contribution in [1.29, 1.82) is 0 Å². The highest BCUT2D eigenvalue weighted by atomic mass is 16.5. The van der Waals surface area contributed by atoms with Crippen molar-refractivity contribution in [2.45, 2.75) is 19.4 Å². The van der Waals surface area contributed by atoms with Crippen molar-refractivity contribution in [1.82, 2.24) is 10.2 Å². The predicted molar refractivity (Wildman–Crippen MR) is 104 cm³/mol. The number of methoxy groups -OCH3 is 1. The molecule has 0 saturated heterocycles. The summed E-state index contributed by atoms with van der Waals surface area (Å²) in [7, 11) is 3.11. The first-order valence-electron chi connectivity index (χ1n) is 8.87. The molecule has 0 saturated carbocycles. The Morgan fingerprint density at radius 3 is 2.30 bits per heavy atom. The number of likely N-dealkylation sites (N-methyl/N-ethyl adjacent to an activating group) is 1.